The van der Waals surface area contributed by atoms with Gasteiger partial charge < -0.3 is 10.1 Å². The number of carbonyl (C=O) groups is 1. The van der Waals surface area contributed by atoms with Crippen molar-refractivity contribution in [3.05, 3.63) is 33.4 Å². The second-order valence-electron chi connectivity index (χ2n) is 4.46. The van der Waals surface area contributed by atoms with Crippen molar-refractivity contribution in [2.75, 3.05) is 19.1 Å². The summed E-state index contributed by atoms with van der Waals surface area (Å²) in [5, 5.41) is 3.08. The Morgan fingerprint density at radius 3 is 2.67 bits per heavy atom. The number of amides is 1. The Labute approximate surface area is 125 Å². The van der Waals surface area contributed by atoms with Crippen molar-refractivity contribution in [2.24, 2.45) is 0 Å². The van der Waals surface area contributed by atoms with Crippen molar-refractivity contribution in [1.29, 1.82) is 0 Å². The highest BCUT2D eigenvalue weighted by molar-refractivity contribution is 14.1. The second-order valence-corrected chi connectivity index (χ2v) is 5.89. The highest BCUT2D eigenvalue weighted by Gasteiger charge is 2.33. The fraction of sp³-hybridized carbons (Fsp3) is 0.462. The summed E-state index contributed by atoms with van der Waals surface area (Å²) in [5.74, 6) is 0.369. The topological polar surface area (TPSA) is 38.3 Å². The predicted molar refractivity (Wildman–Crippen MR) is 80.1 cm³/mol. The molecule has 0 aromatic heterocycles. The summed E-state index contributed by atoms with van der Waals surface area (Å²) in [6, 6.07) is 7.55. The molecule has 1 N–H and O–H groups in total. The summed E-state index contributed by atoms with van der Waals surface area (Å²) in [7, 11) is 0. The lowest BCUT2D eigenvalue weighted by atomic mass is 9.92. The van der Waals surface area contributed by atoms with E-state index in [1.807, 2.05) is 24.3 Å². The molecule has 3 nitrogen and oxygen atoms in total. The van der Waals surface area contributed by atoms with Crippen molar-refractivity contribution in [3.63, 3.8) is 0 Å². The summed E-state index contributed by atoms with van der Waals surface area (Å²) in [6.07, 6.45) is 1.54. The number of ether oxygens (including phenoxy) is 1. The van der Waals surface area contributed by atoms with E-state index in [0.29, 0.717) is 24.7 Å². The first-order valence-corrected chi connectivity index (χ1v) is 7.49. The smallest absolute Gasteiger partial charge is 0.252 e. The molecule has 1 fully saturated rings. The van der Waals surface area contributed by atoms with Crippen LogP contribution < -0.4 is 5.32 Å². The molecule has 0 bridgehead atoms. The third-order valence-corrected chi connectivity index (χ3v) is 4.66. The lowest BCUT2D eigenvalue weighted by molar-refractivity contribution is 0.0433. The molecule has 0 atom stereocenters. The van der Waals surface area contributed by atoms with Gasteiger partial charge in [-0.3, -0.25) is 4.79 Å². The van der Waals surface area contributed by atoms with E-state index in [1.54, 1.807) is 0 Å². The summed E-state index contributed by atoms with van der Waals surface area (Å²) >= 11 is 8.20. The van der Waals surface area contributed by atoms with Crippen LogP contribution in [0.2, 0.25) is 0 Å². The molecular formula is C13H15ClINO2. The van der Waals surface area contributed by atoms with E-state index in [-0.39, 0.29) is 11.4 Å². The van der Waals surface area contributed by atoms with Gasteiger partial charge in [0.1, 0.15) is 0 Å². The van der Waals surface area contributed by atoms with Gasteiger partial charge in [-0.2, -0.15) is 0 Å². The Kier molecular flexibility index (Phi) is 4.86. The van der Waals surface area contributed by atoms with Crippen LogP contribution in [0.3, 0.4) is 0 Å². The van der Waals surface area contributed by atoms with Crippen molar-refractivity contribution in [2.45, 2.75) is 18.4 Å². The number of nitrogens with one attached hydrogen (secondary N) is 1. The molecule has 0 spiro atoms. The molecule has 2 rings (SSSR count). The maximum atomic E-state index is 12.3. The minimum atomic E-state index is -0.324. The minimum absolute atomic E-state index is 0.0532. The quantitative estimate of drug-likeness (QED) is 0.648. The second kappa shape index (κ2) is 6.21. The number of alkyl halides is 1. The van der Waals surface area contributed by atoms with Crippen LogP contribution in [0.4, 0.5) is 0 Å². The lowest BCUT2D eigenvalue weighted by Gasteiger charge is -2.36. The predicted octanol–water partition coefficient (Wildman–Crippen LogP) is 2.81. The van der Waals surface area contributed by atoms with Gasteiger partial charge in [-0.15, -0.1) is 11.6 Å². The Balaban J connectivity index is 2.13. The molecule has 0 radical (unpaired) electrons. The number of carbonyl (C=O) groups excluding carboxylic acids is 1. The van der Waals surface area contributed by atoms with Crippen LogP contribution in [0.15, 0.2) is 24.3 Å². The van der Waals surface area contributed by atoms with Crippen LogP contribution in [0.5, 0.6) is 0 Å². The monoisotopic (exact) mass is 379 g/mol. The first-order chi connectivity index (χ1) is 8.67. The first kappa shape index (κ1) is 14.1. The number of hydrogen-bond donors (Lipinski definition) is 1. The molecule has 1 aliphatic rings. The highest BCUT2D eigenvalue weighted by atomic mass is 127. The standard InChI is InChI=1S/C13H15ClINO2/c14-9-13(5-7-18-8-6-13)16-12(17)10-3-1-2-4-11(10)15/h1-4H,5-9H2,(H,16,17). The molecule has 18 heavy (non-hydrogen) atoms. The Bertz CT molecular complexity index is 433. The molecule has 1 aliphatic heterocycles. The number of benzene rings is 1. The van der Waals surface area contributed by atoms with Crippen LogP contribution in [0, 0.1) is 3.57 Å². The average molecular weight is 380 g/mol. The molecule has 1 aromatic rings. The van der Waals surface area contributed by atoms with Crippen LogP contribution in [-0.4, -0.2) is 30.5 Å². The van der Waals surface area contributed by atoms with Gasteiger partial charge >= 0.3 is 0 Å². The summed E-state index contributed by atoms with van der Waals surface area (Å²) in [6.45, 7) is 1.30. The van der Waals surface area contributed by atoms with E-state index in [4.69, 9.17) is 16.3 Å². The zero-order valence-corrected chi connectivity index (χ0v) is 12.8. The van der Waals surface area contributed by atoms with Gasteiger partial charge in [-0.1, -0.05) is 12.1 Å². The lowest BCUT2D eigenvalue weighted by Crippen LogP contribution is -2.53. The molecule has 0 unspecified atom stereocenters. The summed E-state index contributed by atoms with van der Waals surface area (Å²) in [5.41, 5.74) is 0.379. The highest BCUT2D eigenvalue weighted by Crippen LogP contribution is 2.23. The number of halogens is 2. The van der Waals surface area contributed by atoms with Crippen molar-refractivity contribution in [1.82, 2.24) is 5.32 Å². The van der Waals surface area contributed by atoms with Gasteiger partial charge in [-0.05, 0) is 47.6 Å². The normalized spacial score (nSPS) is 18.3. The van der Waals surface area contributed by atoms with Gasteiger partial charge in [0, 0.05) is 22.7 Å². The van der Waals surface area contributed by atoms with Crippen LogP contribution in [0.1, 0.15) is 23.2 Å². The molecule has 5 heteroatoms. The molecular weight excluding hydrogens is 365 g/mol. The van der Waals surface area contributed by atoms with Crippen LogP contribution >= 0.6 is 34.2 Å². The van der Waals surface area contributed by atoms with Gasteiger partial charge in [0.2, 0.25) is 0 Å². The molecule has 0 saturated carbocycles. The van der Waals surface area contributed by atoms with Crippen molar-refractivity contribution < 1.29 is 9.53 Å². The third-order valence-electron chi connectivity index (χ3n) is 3.20. The maximum absolute atomic E-state index is 12.3. The first-order valence-electron chi connectivity index (χ1n) is 5.88. The summed E-state index contributed by atoms with van der Waals surface area (Å²) in [4.78, 5) is 12.3. The van der Waals surface area contributed by atoms with Crippen molar-refractivity contribution in [3.8, 4) is 0 Å². The number of rotatable bonds is 3. The molecule has 1 aromatic carbocycles. The van der Waals surface area contributed by atoms with E-state index in [2.05, 4.69) is 27.9 Å². The van der Waals surface area contributed by atoms with E-state index in [9.17, 15) is 4.79 Å². The molecule has 1 amide bonds. The largest absolute Gasteiger partial charge is 0.381 e. The third kappa shape index (κ3) is 3.16. The Hall–Kier alpha value is -0.330. The van der Waals surface area contributed by atoms with E-state index in [1.165, 1.54) is 0 Å². The van der Waals surface area contributed by atoms with E-state index >= 15 is 0 Å². The molecule has 1 heterocycles. The summed E-state index contributed by atoms with van der Waals surface area (Å²) < 4.78 is 6.27. The van der Waals surface area contributed by atoms with Gasteiger partial charge in [0.05, 0.1) is 11.1 Å². The zero-order chi connectivity index (χ0) is 13.0. The number of hydrogen-bond acceptors (Lipinski definition) is 2. The van der Waals surface area contributed by atoms with E-state index < -0.39 is 0 Å². The van der Waals surface area contributed by atoms with Gasteiger partial charge in [0.25, 0.3) is 5.91 Å². The molecule has 0 aliphatic carbocycles. The fourth-order valence-corrected chi connectivity index (χ4v) is 2.97. The zero-order valence-electron chi connectivity index (χ0n) is 9.92. The Morgan fingerprint density at radius 1 is 1.39 bits per heavy atom. The molecule has 98 valence electrons. The van der Waals surface area contributed by atoms with Crippen molar-refractivity contribution >= 4 is 40.1 Å². The fourth-order valence-electron chi connectivity index (χ4n) is 2.01. The van der Waals surface area contributed by atoms with E-state index in [0.717, 1.165) is 16.4 Å². The maximum Gasteiger partial charge on any atom is 0.252 e. The average Bonchev–Trinajstić information content (AvgIpc) is 2.40. The molecule has 1 saturated heterocycles. The Morgan fingerprint density at radius 2 is 2.06 bits per heavy atom. The van der Waals surface area contributed by atoms with Gasteiger partial charge in [0.15, 0.2) is 0 Å². The van der Waals surface area contributed by atoms with Crippen LogP contribution in [0.25, 0.3) is 0 Å². The SMILES string of the molecule is O=C(NC1(CCl)CCOCC1)c1ccccc1I. The van der Waals surface area contributed by atoms with Gasteiger partial charge in [-0.25, -0.2) is 0 Å². The van der Waals surface area contributed by atoms with Crippen LogP contribution in [-0.2, 0) is 4.74 Å². The minimum Gasteiger partial charge on any atom is -0.381 e.